The minimum Gasteiger partial charge on any atom is -0.381 e. The first kappa shape index (κ1) is 20.0. The zero-order chi connectivity index (χ0) is 20.1. The van der Waals surface area contributed by atoms with Crippen molar-refractivity contribution in [3.8, 4) is 0 Å². The molecule has 0 aliphatic carbocycles. The van der Waals surface area contributed by atoms with Gasteiger partial charge in [0.25, 0.3) is 5.91 Å². The summed E-state index contributed by atoms with van der Waals surface area (Å²) in [5.41, 5.74) is 1.43. The Hall–Kier alpha value is -2.32. The van der Waals surface area contributed by atoms with Crippen LogP contribution < -0.4 is 0 Å². The summed E-state index contributed by atoms with van der Waals surface area (Å²) in [7, 11) is 0. The first-order valence-electron chi connectivity index (χ1n) is 10.4. The van der Waals surface area contributed by atoms with Crippen LogP contribution in [0.25, 0.3) is 0 Å². The molecule has 2 saturated heterocycles. The minimum atomic E-state index is -0.0179. The molecule has 29 heavy (non-hydrogen) atoms. The number of carbonyl (C=O) groups is 1. The van der Waals surface area contributed by atoms with Crippen LogP contribution in [0.5, 0.6) is 0 Å². The fourth-order valence-corrected chi connectivity index (χ4v) is 3.91. The lowest BCUT2D eigenvalue weighted by Crippen LogP contribution is -2.43. The maximum atomic E-state index is 12.8. The number of amides is 1. The number of ether oxygens (including phenoxy) is 2. The van der Waals surface area contributed by atoms with Crippen LogP contribution in [0.15, 0.2) is 22.9 Å². The Balaban J connectivity index is 1.25. The number of hydrogen-bond donors (Lipinski definition) is 0. The van der Waals surface area contributed by atoms with Crippen molar-refractivity contribution in [3.05, 3.63) is 41.3 Å². The fourth-order valence-electron chi connectivity index (χ4n) is 3.91. The van der Waals surface area contributed by atoms with E-state index in [9.17, 15) is 4.79 Å². The first-order chi connectivity index (χ1) is 14.2. The number of nitrogens with zero attached hydrogens (tertiary/aromatic N) is 4. The molecule has 4 rings (SSSR count). The van der Waals surface area contributed by atoms with Crippen LogP contribution in [0.3, 0.4) is 0 Å². The van der Waals surface area contributed by atoms with Crippen LogP contribution in [-0.2, 0) is 15.9 Å². The van der Waals surface area contributed by atoms with Crippen molar-refractivity contribution < 1.29 is 18.8 Å². The highest BCUT2D eigenvalue weighted by molar-refractivity contribution is 5.93. The number of rotatable bonds is 6. The predicted octanol–water partition coefficient (Wildman–Crippen LogP) is 2.53. The molecule has 0 spiro atoms. The van der Waals surface area contributed by atoms with E-state index >= 15 is 0 Å². The smallest absolute Gasteiger partial charge is 0.272 e. The lowest BCUT2D eigenvalue weighted by molar-refractivity contribution is 0.00229. The zero-order valence-electron chi connectivity index (χ0n) is 16.9. The highest BCUT2D eigenvalue weighted by Gasteiger charge is 2.27. The molecule has 0 aromatic carbocycles. The Morgan fingerprint density at radius 3 is 3.00 bits per heavy atom. The highest BCUT2D eigenvalue weighted by atomic mass is 16.5. The van der Waals surface area contributed by atoms with E-state index in [1.807, 2.05) is 24.0 Å². The summed E-state index contributed by atoms with van der Waals surface area (Å²) in [6, 6.07) is 3.76. The topological polar surface area (TPSA) is 90.6 Å². The van der Waals surface area contributed by atoms with Gasteiger partial charge in [-0.05, 0) is 44.2 Å². The molecule has 2 aromatic heterocycles. The zero-order valence-corrected chi connectivity index (χ0v) is 16.9. The summed E-state index contributed by atoms with van der Waals surface area (Å²) in [5.74, 6) is 1.68. The molecule has 2 aromatic rings. The molecule has 2 fully saturated rings. The minimum absolute atomic E-state index is 0.0179. The number of piperidine rings is 1. The van der Waals surface area contributed by atoms with Gasteiger partial charge in [-0.15, -0.1) is 0 Å². The average molecular weight is 400 g/mol. The third-order valence-electron chi connectivity index (χ3n) is 5.61. The first-order valence-corrected chi connectivity index (χ1v) is 10.4. The van der Waals surface area contributed by atoms with Gasteiger partial charge in [0.2, 0.25) is 5.89 Å². The van der Waals surface area contributed by atoms with Crippen LogP contribution in [-0.4, -0.2) is 64.9 Å². The van der Waals surface area contributed by atoms with Crippen molar-refractivity contribution >= 4 is 5.91 Å². The standard InChI is InChI=1S/C21H28N4O4/c1-15-4-2-9-22-19(15)21(26)25-10-3-5-17(14-25)28-13-8-18-23-20(29-24-18)16-6-11-27-12-7-16/h2,4,9,16-17H,3,5-8,10-14H2,1H3. The highest BCUT2D eigenvalue weighted by Crippen LogP contribution is 2.25. The lowest BCUT2D eigenvalue weighted by atomic mass is 10.0. The maximum absolute atomic E-state index is 12.8. The van der Waals surface area contributed by atoms with Gasteiger partial charge in [-0.2, -0.15) is 4.98 Å². The van der Waals surface area contributed by atoms with Crippen LogP contribution in [0.2, 0.25) is 0 Å². The molecule has 8 nitrogen and oxygen atoms in total. The molecule has 1 atom stereocenters. The van der Waals surface area contributed by atoms with Crippen LogP contribution in [0.4, 0.5) is 0 Å². The summed E-state index contributed by atoms with van der Waals surface area (Å²) in [6.07, 6.45) is 6.04. The number of hydrogen-bond acceptors (Lipinski definition) is 7. The lowest BCUT2D eigenvalue weighted by Gasteiger charge is -2.32. The SMILES string of the molecule is Cc1cccnc1C(=O)N1CCCC(OCCc2noc(C3CCOCC3)n2)C1. The fraction of sp³-hybridized carbons (Fsp3) is 0.619. The van der Waals surface area contributed by atoms with Crippen molar-refractivity contribution in [2.75, 3.05) is 32.9 Å². The van der Waals surface area contributed by atoms with E-state index in [0.717, 1.165) is 51.0 Å². The van der Waals surface area contributed by atoms with E-state index < -0.39 is 0 Å². The molecule has 2 aliphatic heterocycles. The summed E-state index contributed by atoms with van der Waals surface area (Å²) < 4.78 is 16.8. The second kappa shape index (κ2) is 9.45. The summed E-state index contributed by atoms with van der Waals surface area (Å²) in [4.78, 5) is 23.4. The van der Waals surface area contributed by atoms with Crippen molar-refractivity contribution in [1.29, 1.82) is 0 Å². The van der Waals surface area contributed by atoms with Gasteiger partial charge in [0.1, 0.15) is 5.69 Å². The number of likely N-dealkylation sites (tertiary alicyclic amines) is 1. The molecule has 8 heteroatoms. The molecular formula is C21H28N4O4. The van der Waals surface area contributed by atoms with Gasteiger partial charge in [-0.3, -0.25) is 9.78 Å². The van der Waals surface area contributed by atoms with E-state index in [0.29, 0.717) is 42.9 Å². The molecule has 0 bridgehead atoms. The molecule has 156 valence electrons. The Morgan fingerprint density at radius 2 is 2.17 bits per heavy atom. The second-order valence-electron chi connectivity index (χ2n) is 7.74. The van der Waals surface area contributed by atoms with Crippen LogP contribution >= 0.6 is 0 Å². The van der Waals surface area contributed by atoms with Gasteiger partial charge in [0.15, 0.2) is 5.82 Å². The van der Waals surface area contributed by atoms with Crippen LogP contribution in [0.1, 0.15) is 59.4 Å². The largest absolute Gasteiger partial charge is 0.381 e. The van der Waals surface area contributed by atoms with Crippen molar-refractivity contribution in [3.63, 3.8) is 0 Å². The molecule has 0 N–H and O–H groups in total. The molecule has 2 aliphatic rings. The number of carbonyl (C=O) groups excluding carboxylic acids is 1. The summed E-state index contributed by atoms with van der Waals surface area (Å²) >= 11 is 0. The predicted molar refractivity (Wildman–Crippen MR) is 105 cm³/mol. The van der Waals surface area contributed by atoms with Gasteiger partial charge >= 0.3 is 0 Å². The van der Waals surface area contributed by atoms with Gasteiger partial charge in [-0.1, -0.05) is 11.2 Å². The number of aryl methyl sites for hydroxylation is 1. The van der Waals surface area contributed by atoms with E-state index in [2.05, 4.69) is 15.1 Å². The molecule has 0 saturated carbocycles. The van der Waals surface area contributed by atoms with Gasteiger partial charge < -0.3 is 18.9 Å². The molecule has 0 radical (unpaired) electrons. The monoisotopic (exact) mass is 400 g/mol. The van der Waals surface area contributed by atoms with Crippen molar-refractivity contribution in [1.82, 2.24) is 20.0 Å². The maximum Gasteiger partial charge on any atom is 0.272 e. The quantitative estimate of drug-likeness (QED) is 0.736. The van der Waals surface area contributed by atoms with Gasteiger partial charge in [-0.25, -0.2) is 0 Å². The molecular weight excluding hydrogens is 372 g/mol. The summed E-state index contributed by atoms with van der Waals surface area (Å²) in [6.45, 7) is 5.27. The van der Waals surface area contributed by atoms with Crippen molar-refractivity contribution in [2.45, 2.75) is 51.0 Å². The number of pyridine rings is 1. The van der Waals surface area contributed by atoms with Gasteiger partial charge in [0.05, 0.1) is 12.7 Å². The summed E-state index contributed by atoms with van der Waals surface area (Å²) in [5, 5.41) is 4.09. The van der Waals surface area contributed by atoms with E-state index in [4.69, 9.17) is 14.0 Å². The normalized spacial score (nSPS) is 20.7. The third-order valence-corrected chi connectivity index (χ3v) is 5.61. The molecule has 1 amide bonds. The Labute approximate surface area is 170 Å². The molecule has 4 heterocycles. The third kappa shape index (κ3) is 5.00. The molecule has 1 unspecified atom stereocenters. The van der Waals surface area contributed by atoms with Crippen molar-refractivity contribution in [2.24, 2.45) is 0 Å². The van der Waals surface area contributed by atoms with Gasteiger partial charge in [0, 0.05) is 44.8 Å². The second-order valence-corrected chi connectivity index (χ2v) is 7.74. The van der Waals surface area contributed by atoms with Crippen LogP contribution in [0, 0.1) is 6.92 Å². The number of aromatic nitrogens is 3. The Bertz CT molecular complexity index is 819. The Morgan fingerprint density at radius 1 is 1.31 bits per heavy atom. The van der Waals surface area contributed by atoms with E-state index in [-0.39, 0.29) is 12.0 Å². The average Bonchev–Trinajstić information content (AvgIpc) is 3.23. The van der Waals surface area contributed by atoms with E-state index in [1.54, 1.807) is 6.20 Å². The Kier molecular flexibility index (Phi) is 6.51. The van der Waals surface area contributed by atoms with E-state index in [1.165, 1.54) is 0 Å².